The zero-order valence-corrected chi connectivity index (χ0v) is 9.62. The molecule has 0 amide bonds. The Bertz CT molecular complexity index is 481. The number of anilines is 1. The highest BCUT2D eigenvalue weighted by molar-refractivity contribution is 9.10. The molecule has 80 valence electrons. The molecule has 0 fully saturated rings. The Labute approximate surface area is 95.2 Å². The predicted molar refractivity (Wildman–Crippen MR) is 61.5 cm³/mol. The summed E-state index contributed by atoms with van der Waals surface area (Å²) in [6, 6.07) is 3.64. The molecule has 15 heavy (non-hydrogen) atoms. The highest BCUT2D eigenvalue weighted by Crippen LogP contribution is 2.26. The Morgan fingerprint density at radius 3 is 3.00 bits per heavy atom. The van der Waals surface area contributed by atoms with Gasteiger partial charge in [0.05, 0.1) is 5.69 Å². The van der Waals surface area contributed by atoms with E-state index in [1.807, 2.05) is 6.07 Å². The summed E-state index contributed by atoms with van der Waals surface area (Å²) in [6.07, 6.45) is 1.27. The van der Waals surface area contributed by atoms with Crippen molar-refractivity contribution < 1.29 is 9.52 Å². The number of benzene rings is 1. The number of rotatable bonds is 3. The number of oxazole rings is 1. The molecule has 0 atom stereocenters. The molecule has 5 heteroatoms. The van der Waals surface area contributed by atoms with E-state index in [0.717, 1.165) is 9.99 Å². The summed E-state index contributed by atoms with van der Waals surface area (Å²) in [5, 5.41) is 8.70. The zero-order chi connectivity index (χ0) is 10.8. The topological polar surface area (TPSA) is 72.3 Å². The molecule has 0 spiro atoms. The largest absolute Gasteiger partial charge is 0.439 e. The smallest absolute Gasteiger partial charge is 0.195 e. The lowest BCUT2D eigenvalue weighted by atomic mass is 10.3. The molecule has 0 aliphatic heterocycles. The monoisotopic (exact) mass is 270 g/mol. The van der Waals surface area contributed by atoms with Gasteiger partial charge in [-0.2, -0.15) is 0 Å². The lowest BCUT2D eigenvalue weighted by Gasteiger charge is -1.94. The van der Waals surface area contributed by atoms with Gasteiger partial charge in [-0.15, -0.1) is 0 Å². The van der Waals surface area contributed by atoms with Crippen molar-refractivity contribution in [3.05, 3.63) is 22.5 Å². The van der Waals surface area contributed by atoms with Crippen LogP contribution in [0.4, 0.5) is 5.69 Å². The average molecular weight is 271 g/mol. The standard InChI is InChI=1S/C10H11BrN2O2/c11-6-4-7(12)10-8(5-6)13-9(15-10)2-1-3-14/h4-5,14H,1-3,12H2. The van der Waals surface area contributed by atoms with Gasteiger partial charge in [-0.1, -0.05) is 15.9 Å². The SMILES string of the molecule is Nc1cc(Br)cc2nc(CCCO)oc12. The van der Waals surface area contributed by atoms with Gasteiger partial charge in [0.2, 0.25) is 0 Å². The number of fused-ring (bicyclic) bond motifs is 1. The second-order valence-corrected chi connectivity index (χ2v) is 4.19. The second-order valence-electron chi connectivity index (χ2n) is 3.28. The molecular formula is C10H11BrN2O2. The van der Waals surface area contributed by atoms with Crippen LogP contribution in [0.3, 0.4) is 0 Å². The van der Waals surface area contributed by atoms with Gasteiger partial charge in [0.15, 0.2) is 11.5 Å². The van der Waals surface area contributed by atoms with Crippen LogP contribution in [0.2, 0.25) is 0 Å². The minimum Gasteiger partial charge on any atom is -0.439 e. The maximum Gasteiger partial charge on any atom is 0.195 e. The van der Waals surface area contributed by atoms with E-state index in [0.29, 0.717) is 30.0 Å². The first-order valence-corrected chi connectivity index (χ1v) is 5.45. The third-order valence-electron chi connectivity index (χ3n) is 2.08. The van der Waals surface area contributed by atoms with Crippen molar-refractivity contribution in [1.82, 2.24) is 4.98 Å². The summed E-state index contributed by atoms with van der Waals surface area (Å²) in [4.78, 5) is 4.28. The van der Waals surface area contributed by atoms with Crippen LogP contribution in [-0.4, -0.2) is 16.7 Å². The lowest BCUT2D eigenvalue weighted by Crippen LogP contribution is -1.88. The van der Waals surface area contributed by atoms with Gasteiger partial charge in [0, 0.05) is 17.5 Å². The fourth-order valence-corrected chi connectivity index (χ4v) is 1.87. The van der Waals surface area contributed by atoms with Crippen LogP contribution in [-0.2, 0) is 6.42 Å². The van der Waals surface area contributed by atoms with Crippen LogP contribution in [0, 0.1) is 0 Å². The first kappa shape index (κ1) is 10.4. The van der Waals surface area contributed by atoms with Gasteiger partial charge < -0.3 is 15.3 Å². The highest BCUT2D eigenvalue weighted by Gasteiger charge is 2.09. The molecule has 3 N–H and O–H groups in total. The third-order valence-corrected chi connectivity index (χ3v) is 2.53. The summed E-state index contributed by atoms with van der Waals surface area (Å²) in [5.41, 5.74) is 7.72. The Morgan fingerprint density at radius 1 is 1.47 bits per heavy atom. The second kappa shape index (κ2) is 4.20. The van der Waals surface area contributed by atoms with Gasteiger partial charge in [-0.05, 0) is 18.6 Å². The Morgan fingerprint density at radius 2 is 2.27 bits per heavy atom. The number of halogens is 1. The number of nitrogens with zero attached hydrogens (tertiary/aromatic N) is 1. The molecule has 2 aromatic rings. The van der Waals surface area contributed by atoms with E-state index in [-0.39, 0.29) is 6.61 Å². The summed E-state index contributed by atoms with van der Waals surface area (Å²) in [7, 11) is 0. The molecule has 1 heterocycles. The van der Waals surface area contributed by atoms with E-state index in [9.17, 15) is 0 Å². The predicted octanol–water partition coefficient (Wildman–Crippen LogP) is 2.10. The van der Waals surface area contributed by atoms with Crippen LogP contribution in [0.25, 0.3) is 11.1 Å². The number of hydrogen-bond acceptors (Lipinski definition) is 4. The number of aromatic nitrogens is 1. The first-order valence-electron chi connectivity index (χ1n) is 4.66. The quantitative estimate of drug-likeness (QED) is 0.838. The van der Waals surface area contributed by atoms with Gasteiger partial charge in [-0.3, -0.25) is 0 Å². The third kappa shape index (κ3) is 2.13. The molecule has 0 radical (unpaired) electrons. The number of hydrogen-bond donors (Lipinski definition) is 2. The van der Waals surface area contributed by atoms with Crippen LogP contribution in [0.1, 0.15) is 12.3 Å². The molecule has 0 unspecified atom stereocenters. The fraction of sp³-hybridized carbons (Fsp3) is 0.300. The van der Waals surface area contributed by atoms with Gasteiger partial charge in [-0.25, -0.2) is 4.98 Å². The minimum absolute atomic E-state index is 0.137. The van der Waals surface area contributed by atoms with E-state index < -0.39 is 0 Å². The first-order chi connectivity index (χ1) is 7.20. The van der Waals surface area contributed by atoms with Crippen molar-refractivity contribution in [3.63, 3.8) is 0 Å². The van der Waals surface area contributed by atoms with Crippen molar-refractivity contribution in [2.75, 3.05) is 12.3 Å². The maximum absolute atomic E-state index is 8.70. The molecule has 0 saturated heterocycles. The maximum atomic E-state index is 8.70. The van der Waals surface area contributed by atoms with Gasteiger partial charge in [0.25, 0.3) is 0 Å². The van der Waals surface area contributed by atoms with Crippen LogP contribution >= 0.6 is 15.9 Å². The van der Waals surface area contributed by atoms with Crippen molar-refractivity contribution >= 4 is 32.7 Å². The molecule has 0 bridgehead atoms. The van der Waals surface area contributed by atoms with Gasteiger partial charge >= 0.3 is 0 Å². The lowest BCUT2D eigenvalue weighted by molar-refractivity contribution is 0.284. The molecule has 0 aliphatic carbocycles. The number of nitrogens with two attached hydrogens (primary N) is 1. The molecule has 0 aliphatic rings. The molecule has 1 aromatic heterocycles. The summed E-state index contributed by atoms with van der Waals surface area (Å²) >= 11 is 3.34. The number of aryl methyl sites for hydroxylation is 1. The van der Waals surface area contributed by atoms with E-state index in [4.69, 9.17) is 15.3 Å². The van der Waals surface area contributed by atoms with Crippen LogP contribution in [0.5, 0.6) is 0 Å². The Hall–Kier alpha value is -1.07. The van der Waals surface area contributed by atoms with Crippen molar-refractivity contribution in [2.45, 2.75) is 12.8 Å². The average Bonchev–Trinajstić information content (AvgIpc) is 2.57. The number of aliphatic hydroxyl groups excluding tert-OH is 1. The van der Waals surface area contributed by atoms with Crippen molar-refractivity contribution in [1.29, 1.82) is 0 Å². The van der Waals surface area contributed by atoms with E-state index in [2.05, 4.69) is 20.9 Å². The van der Waals surface area contributed by atoms with Crippen molar-refractivity contribution in [2.24, 2.45) is 0 Å². The fourth-order valence-electron chi connectivity index (χ4n) is 1.41. The summed E-state index contributed by atoms with van der Waals surface area (Å²) < 4.78 is 6.37. The van der Waals surface area contributed by atoms with Crippen molar-refractivity contribution in [3.8, 4) is 0 Å². The van der Waals surface area contributed by atoms with E-state index >= 15 is 0 Å². The Balaban J connectivity index is 2.41. The van der Waals surface area contributed by atoms with Crippen LogP contribution in [0.15, 0.2) is 21.0 Å². The minimum atomic E-state index is 0.137. The summed E-state index contributed by atoms with van der Waals surface area (Å²) in [5.74, 6) is 0.615. The number of nitrogen functional groups attached to an aromatic ring is 1. The molecule has 2 rings (SSSR count). The summed E-state index contributed by atoms with van der Waals surface area (Å²) in [6.45, 7) is 0.137. The number of aliphatic hydroxyl groups is 1. The van der Waals surface area contributed by atoms with Crippen LogP contribution < -0.4 is 5.73 Å². The van der Waals surface area contributed by atoms with E-state index in [1.165, 1.54) is 0 Å². The highest BCUT2D eigenvalue weighted by atomic mass is 79.9. The zero-order valence-electron chi connectivity index (χ0n) is 8.03. The molecule has 4 nitrogen and oxygen atoms in total. The normalized spacial score (nSPS) is 11.1. The Kier molecular flexibility index (Phi) is 2.93. The molecule has 1 aromatic carbocycles. The molecule has 0 saturated carbocycles. The molecular weight excluding hydrogens is 260 g/mol. The van der Waals surface area contributed by atoms with Gasteiger partial charge in [0.1, 0.15) is 5.52 Å². The van der Waals surface area contributed by atoms with E-state index in [1.54, 1.807) is 6.07 Å².